The zero-order valence-corrected chi connectivity index (χ0v) is 33.1. The van der Waals surface area contributed by atoms with Crippen LogP contribution >= 0.6 is 12.4 Å². The molecule has 2 N–H and O–H groups in total. The van der Waals surface area contributed by atoms with E-state index < -0.39 is 23.5 Å². The van der Waals surface area contributed by atoms with E-state index in [1.54, 1.807) is 17.0 Å². The highest BCUT2D eigenvalue weighted by atomic mass is 35.5. The average Bonchev–Trinajstić information content (AvgIpc) is 3.51. The number of hydrogen-bond donors (Lipinski definition) is 2. The van der Waals surface area contributed by atoms with Gasteiger partial charge in [-0.15, -0.1) is 12.4 Å². The molecular weight excluding hydrogens is 798 g/mol. The Kier molecular flexibility index (Phi) is 14.9. The van der Waals surface area contributed by atoms with Crippen LogP contribution in [-0.4, -0.2) is 42.3 Å². The molecule has 3 heterocycles. The number of nitrogens with one attached hydrogen (secondary N) is 2. The Balaban J connectivity index is 0.000000233. The second-order valence-corrected chi connectivity index (χ2v) is 13.9. The highest BCUT2D eigenvalue weighted by Crippen LogP contribution is 2.33. The smallest absolute Gasteiger partial charge is 0.416 e. The summed E-state index contributed by atoms with van der Waals surface area (Å²) in [6, 6.07) is 24.0. The third kappa shape index (κ3) is 12.9. The Morgan fingerprint density at radius 1 is 0.695 bits per heavy atom. The summed E-state index contributed by atoms with van der Waals surface area (Å²) in [5.74, 6) is 2.22. The van der Waals surface area contributed by atoms with Crippen LogP contribution in [0.5, 0.6) is 23.0 Å². The molecule has 0 atom stereocenters. The number of aromatic nitrogens is 1. The Labute approximate surface area is 344 Å². The number of rotatable bonds is 7. The molecule has 2 saturated heterocycles. The molecule has 8 nitrogen and oxygen atoms in total. The Hall–Kier alpha value is -5.73. The van der Waals surface area contributed by atoms with Crippen LogP contribution in [0.4, 0.5) is 37.0 Å². The lowest BCUT2D eigenvalue weighted by atomic mass is 10.0. The van der Waals surface area contributed by atoms with Gasteiger partial charge in [-0.05, 0) is 137 Å². The van der Waals surface area contributed by atoms with Crippen molar-refractivity contribution in [2.75, 3.05) is 31.5 Å². The Morgan fingerprint density at radius 2 is 1.15 bits per heavy atom. The molecule has 4 aromatic carbocycles. The fourth-order valence-corrected chi connectivity index (χ4v) is 6.24. The molecule has 2 amide bonds. The van der Waals surface area contributed by atoms with Crippen molar-refractivity contribution in [3.63, 3.8) is 0 Å². The van der Waals surface area contributed by atoms with E-state index in [9.17, 15) is 31.1 Å². The topological polar surface area (TPSA) is 88.9 Å². The molecular formula is C44H43ClF6N4O4. The van der Waals surface area contributed by atoms with Crippen LogP contribution in [0.2, 0.25) is 0 Å². The van der Waals surface area contributed by atoms with E-state index in [-0.39, 0.29) is 18.4 Å². The van der Waals surface area contributed by atoms with Gasteiger partial charge in [0.15, 0.2) is 0 Å². The molecule has 0 bridgehead atoms. The van der Waals surface area contributed by atoms with Gasteiger partial charge in [0, 0.05) is 18.7 Å². The van der Waals surface area contributed by atoms with Gasteiger partial charge >= 0.3 is 18.4 Å². The first-order valence-electron chi connectivity index (χ1n) is 18.7. The van der Waals surface area contributed by atoms with Crippen molar-refractivity contribution in [3.8, 4) is 23.0 Å². The number of alkyl halides is 6. The lowest BCUT2D eigenvalue weighted by molar-refractivity contribution is -0.138. The van der Waals surface area contributed by atoms with Gasteiger partial charge < -0.3 is 24.2 Å². The fraction of sp³-hybridized carbons (Fsp3) is 0.273. The van der Waals surface area contributed by atoms with Gasteiger partial charge in [-0.25, -0.2) is 4.79 Å². The summed E-state index contributed by atoms with van der Waals surface area (Å²) in [5.41, 5.74) is 4.70. The van der Waals surface area contributed by atoms with Crippen molar-refractivity contribution in [1.82, 2.24) is 15.4 Å². The monoisotopic (exact) mass is 840 g/mol. The second-order valence-electron chi connectivity index (χ2n) is 13.9. The maximum atomic E-state index is 12.7. The molecule has 7 rings (SSSR count). The number of benzene rings is 4. The number of ether oxygens (including phenoxy) is 2. The average molecular weight is 841 g/mol. The standard InChI is InChI=1S/C25H24F3N3O3.C19H18F3NO.ClH/c1-16-17(2)30-34-23(16)29-24(32)31-12-10-18(11-13-31)14-19-4-3-5-22(15-19)33-21-8-6-20(7-9-21)25(26,27)28;20-19(21,22)16-4-6-17(7-5-16)24-18-3-1-2-15(13-18)12-14-8-10-23-11-9-14;/h3-9,14-15H,10-13H2,1-2H3,(H,29,32);1-7,12-13,23H,8-11H2;1H. The summed E-state index contributed by atoms with van der Waals surface area (Å²) >= 11 is 0. The van der Waals surface area contributed by atoms with Crippen molar-refractivity contribution in [1.29, 1.82) is 0 Å². The minimum Gasteiger partial charge on any atom is -0.457 e. The molecule has 0 radical (unpaired) electrons. The van der Waals surface area contributed by atoms with Gasteiger partial charge in [-0.3, -0.25) is 5.32 Å². The lowest BCUT2D eigenvalue weighted by Gasteiger charge is -2.28. The molecule has 15 heteroatoms. The van der Waals surface area contributed by atoms with Gasteiger partial charge in [-0.2, -0.15) is 26.3 Å². The van der Waals surface area contributed by atoms with E-state index in [2.05, 4.69) is 27.9 Å². The minimum absolute atomic E-state index is 0. The zero-order valence-electron chi connectivity index (χ0n) is 32.3. The summed E-state index contributed by atoms with van der Waals surface area (Å²) in [6.45, 7) is 6.79. The summed E-state index contributed by atoms with van der Waals surface area (Å²) in [7, 11) is 0. The van der Waals surface area contributed by atoms with Gasteiger partial charge in [0.05, 0.1) is 16.8 Å². The zero-order chi connectivity index (χ0) is 41.3. The van der Waals surface area contributed by atoms with Crippen molar-refractivity contribution >= 4 is 36.5 Å². The Morgan fingerprint density at radius 3 is 1.58 bits per heavy atom. The van der Waals surface area contributed by atoms with E-state index >= 15 is 0 Å². The predicted molar refractivity (Wildman–Crippen MR) is 217 cm³/mol. The number of piperidine rings is 2. The van der Waals surface area contributed by atoms with E-state index in [0.29, 0.717) is 42.0 Å². The summed E-state index contributed by atoms with van der Waals surface area (Å²) < 4.78 is 92.4. The van der Waals surface area contributed by atoms with Crippen LogP contribution in [-0.2, 0) is 12.4 Å². The molecule has 2 aliphatic rings. The first kappa shape index (κ1) is 44.4. The molecule has 0 unspecified atom stereocenters. The maximum Gasteiger partial charge on any atom is 0.416 e. The molecule has 312 valence electrons. The third-order valence-electron chi connectivity index (χ3n) is 9.61. The van der Waals surface area contributed by atoms with Crippen molar-refractivity contribution in [2.45, 2.75) is 51.9 Å². The van der Waals surface area contributed by atoms with Gasteiger partial charge in [0.1, 0.15) is 23.0 Å². The van der Waals surface area contributed by atoms with Crippen LogP contribution in [0, 0.1) is 13.8 Å². The first-order chi connectivity index (χ1) is 27.7. The second kappa shape index (κ2) is 19.8. The number of aryl methyl sites for hydroxylation is 1. The lowest BCUT2D eigenvalue weighted by Crippen LogP contribution is -2.39. The van der Waals surface area contributed by atoms with Crippen LogP contribution < -0.4 is 20.1 Å². The van der Waals surface area contributed by atoms with Crippen LogP contribution in [0.1, 0.15) is 59.2 Å². The molecule has 2 aliphatic heterocycles. The number of amides is 2. The number of likely N-dealkylation sites (tertiary alicyclic amines) is 1. The normalized spacial score (nSPS) is 14.3. The summed E-state index contributed by atoms with van der Waals surface area (Å²) in [4.78, 5) is 14.3. The molecule has 1 aromatic heterocycles. The number of halogens is 7. The van der Waals surface area contributed by atoms with Crippen molar-refractivity contribution in [3.05, 3.63) is 142 Å². The van der Waals surface area contributed by atoms with E-state index in [0.717, 1.165) is 85.4 Å². The maximum absolute atomic E-state index is 12.7. The molecule has 5 aromatic rings. The highest BCUT2D eigenvalue weighted by molar-refractivity contribution is 5.88. The number of nitrogens with zero attached hydrogens (tertiary/aromatic N) is 2. The number of anilines is 1. The fourth-order valence-electron chi connectivity index (χ4n) is 6.24. The number of carbonyl (C=O) groups is 1. The summed E-state index contributed by atoms with van der Waals surface area (Å²) in [5, 5.41) is 9.93. The predicted octanol–water partition coefficient (Wildman–Crippen LogP) is 12.5. The molecule has 0 spiro atoms. The number of carbonyl (C=O) groups excluding carboxylic acids is 1. The van der Waals surface area contributed by atoms with Crippen LogP contribution in [0.15, 0.2) is 113 Å². The van der Waals surface area contributed by atoms with Crippen molar-refractivity contribution < 1.29 is 45.1 Å². The summed E-state index contributed by atoms with van der Waals surface area (Å²) in [6.07, 6.45) is -0.987. The van der Waals surface area contributed by atoms with Crippen molar-refractivity contribution in [2.24, 2.45) is 0 Å². The van der Waals surface area contributed by atoms with E-state index in [4.69, 9.17) is 14.0 Å². The van der Waals surface area contributed by atoms with Gasteiger partial charge in [0.2, 0.25) is 5.88 Å². The van der Waals surface area contributed by atoms with E-state index in [1.165, 1.54) is 35.4 Å². The van der Waals surface area contributed by atoms with E-state index in [1.807, 2.05) is 50.2 Å². The SMILES string of the molecule is Cc1noc(NC(=O)N2CCC(=Cc3cccc(Oc4ccc(C(F)(F)F)cc4)c3)CC2)c1C.Cl.FC(F)(F)c1ccc(Oc2cccc(C=C3CCNCC3)c2)cc1. The van der Waals surface area contributed by atoms with Crippen LogP contribution in [0.3, 0.4) is 0 Å². The minimum atomic E-state index is -4.38. The quantitative estimate of drug-likeness (QED) is 0.159. The first-order valence-corrected chi connectivity index (χ1v) is 18.7. The van der Waals surface area contributed by atoms with Gasteiger partial charge in [0.25, 0.3) is 0 Å². The molecule has 0 aliphatic carbocycles. The molecule has 2 fully saturated rings. The highest BCUT2D eigenvalue weighted by Gasteiger charge is 2.31. The third-order valence-corrected chi connectivity index (χ3v) is 9.61. The Bertz CT molecular complexity index is 2220. The number of hydrogen-bond acceptors (Lipinski definition) is 6. The van der Waals surface area contributed by atoms with Gasteiger partial charge in [-0.1, -0.05) is 52.7 Å². The number of urea groups is 1. The molecule has 0 saturated carbocycles. The largest absolute Gasteiger partial charge is 0.457 e. The molecule has 59 heavy (non-hydrogen) atoms. The van der Waals surface area contributed by atoms with Crippen LogP contribution in [0.25, 0.3) is 12.2 Å².